The van der Waals surface area contributed by atoms with Gasteiger partial charge < -0.3 is 9.64 Å². The van der Waals surface area contributed by atoms with Crippen LogP contribution in [0, 0.1) is 10.1 Å². The van der Waals surface area contributed by atoms with Crippen LogP contribution in [0.4, 0.5) is 11.4 Å². The van der Waals surface area contributed by atoms with Crippen molar-refractivity contribution in [2.75, 3.05) is 18.0 Å². The molecule has 0 saturated carbocycles. The summed E-state index contributed by atoms with van der Waals surface area (Å²) in [4.78, 5) is 12.5. The lowest BCUT2D eigenvalue weighted by atomic mass is 10.2. The van der Waals surface area contributed by atoms with E-state index in [0.29, 0.717) is 0 Å². The van der Waals surface area contributed by atoms with Gasteiger partial charge in [0.2, 0.25) is 0 Å². The van der Waals surface area contributed by atoms with Crippen LogP contribution in [0.2, 0.25) is 0 Å². The van der Waals surface area contributed by atoms with Crippen molar-refractivity contribution in [3.8, 4) is 5.75 Å². The van der Waals surface area contributed by atoms with Crippen molar-refractivity contribution in [1.82, 2.24) is 0 Å². The second-order valence-corrected chi connectivity index (χ2v) is 5.06. The minimum atomic E-state index is -0.380. The molecule has 2 aromatic carbocycles. The molecule has 1 heterocycles. The van der Waals surface area contributed by atoms with Gasteiger partial charge >= 0.3 is 0 Å². The van der Waals surface area contributed by atoms with E-state index in [4.69, 9.17) is 4.74 Å². The molecular formula is C16H16N2O3. The van der Waals surface area contributed by atoms with Gasteiger partial charge in [-0.3, -0.25) is 10.1 Å². The fourth-order valence-corrected chi connectivity index (χ4v) is 2.54. The Labute approximate surface area is 122 Å². The first-order chi connectivity index (χ1) is 10.2. The van der Waals surface area contributed by atoms with Gasteiger partial charge in [-0.2, -0.15) is 0 Å². The quantitative estimate of drug-likeness (QED) is 0.639. The van der Waals surface area contributed by atoms with Crippen LogP contribution in [0.5, 0.6) is 5.75 Å². The number of rotatable bonds is 4. The zero-order chi connectivity index (χ0) is 14.7. The highest BCUT2D eigenvalue weighted by atomic mass is 16.6. The van der Waals surface area contributed by atoms with Gasteiger partial charge in [-0.15, -0.1) is 0 Å². The third-order valence-corrected chi connectivity index (χ3v) is 3.62. The number of hydrogen-bond acceptors (Lipinski definition) is 4. The van der Waals surface area contributed by atoms with Crippen LogP contribution >= 0.6 is 0 Å². The predicted molar refractivity (Wildman–Crippen MR) is 80.8 cm³/mol. The van der Waals surface area contributed by atoms with Crippen molar-refractivity contribution >= 4 is 11.4 Å². The predicted octanol–water partition coefficient (Wildman–Crippen LogP) is 3.25. The van der Waals surface area contributed by atoms with Gasteiger partial charge in [0.1, 0.15) is 11.9 Å². The summed E-state index contributed by atoms with van der Waals surface area (Å²) in [7, 11) is 0. The topological polar surface area (TPSA) is 55.6 Å². The molecule has 1 fully saturated rings. The average molecular weight is 284 g/mol. The van der Waals surface area contributed by atoms with Crippen molar-refractivity contribution in [2.24, 2.45) is 0 Å². The summed E-state index contributed by atoms with van der Waals surface area (Å²) in [6.07, 6.45) is 1.11. The minimum Gasteiger partial charge on any atom is -0.489 e. The molecule has 1 aliphatic rings. The second-order valence-electron chi connectivity index (χ2n) is 5.06. The van der Waals surface area contributed by atoms with E-state index in [1.807, 2.05) is 30.3 Å². The molecular weight excluding hydrogens is 268 g/mol. The first-order valence-electron chi connectivity index (χ1n) is 6.93. The highest BCUT2D eigenvalue weighted by Crippen LogP contribution is 2.25. The lowest BCUT2D eigenvalue weighted by Crippen LogP contribution is -2.24. The highest BCUT2D eigenvalue weighted by Gasteiger charge is 2.24. The van der Waals surface area contributed by atoms with Gasteiger partial charge in [-0.05, 0) is 24.3 Å². The molecule has 0 amide bonds. The number of non-ortho nitro benzene ring substituents is 1. The first kappa shape index (κ1) is 13.4. The summed E-state index contributed by atoms with van der Waals surface area (Å²) < 4.78 is 5.94. The Morgan fingerprint density at radius 2 is 1.81 bits per heavy atom. The van der Waals surface area contributed by atoms with E-state index < -0.39 is 0 Å². The van der Waals surface area contributed by atoms with Crippen LogP contribution in [-0.2, 0) is 0 Å². The van der Waals surface area contributed by atoms with E-state index in [9.17, 15) is 10.1 Å². The monoisotopic (exact) mass is 284 g/mol. The van der Waals surface area contributed by atoms with Gasteiger partial charge in [0, 0.05) is 30.8 Å². The number of anilines is 1. The van der Waals surface area contributed by atoms with Crippen LogP contribution in [-0.4, -0.2) is 24.1 Å². The van der Waals surface area contributed by atoms with E-state index in [1.54, 1.807) is 24.3 Å². The van der Waals surface area contributed by atoms with Gasteiger partial charge in [-0.25, -0.2) is 0 Å². The van der Waals surface area contributed by atoms with Crippen molar-refractivity contribution in [1.29, 1.82) is 0 Å². The van der Waals surface area contributed by atoms with Crippen LogP contribution in [0.15, 0.2) is 54.6 Å². The Bertz CT molecular complexity index is 613. The summed E-state index contributed by atoms with van der Waals surface area (Å²) in [5.74, 6) is 0.882. The molecule has 5 nitrogen and oxygen atoms in total. The highest BCUT2D eigenvalue weighted by molar-refractivity contribution is 5.51. The standard InChI is InChI=1S/C16H16N2O3/c19-18(20)14-8-6-13(7-9-14)17-11-10-16(12-17)21-15-4-2-1-3-5-15/h1-9,16H,10-12H2. The Balaban J connectivity index is 1.62. The van der Waals surface area contributed by atoms with Crippen LogP contribution in [0.3, 0.4) is 0 Å². The molecule has 0 aromatic heterocycles. The third-order valence-electron chi connectivity index (χ3n) is 3.62. The van der Waals surface area contributed by atoms with E-state index >= 15 is 0 Å². The van der Waals surface area contributed by atoms with Crippen molar-refractivity contribution in [2.45, 2.75) is 12.5 Å². The molecule has 0 N–H and O–H groups in total. The lowest BCUT2D eigenvalue weighted by molar-refractivity contribution is -0.384. The van der Waals surface area contributed by atoms with E-state index in [-0.39, 0.29) is 16.7 Å². The minimum absolute atomic E-state index is 0.120. The summed E-state index contributed by atoms with van der Waals surface area (Å²) in [6, 6.07) is 16.5. The molecule has 5 heteroatoms. The molecule has 0 radical (unpaired) electrons. The Morgan fingerprint density at radius 1 is 1.10 bits per heavy atom. The molecule has 1 unspecified atom stereocenters. The Morgan fingerprint density at radius 3 is 2.48 bits per heavy atom. The maximum Gasteiger partial charge on any atom is 0.269 e. The van der Waals surface area contributed by atoms with Crippen LogP contribution in [0.25, 0.3) is 0 Å². The average Bonchev–Trinajstić information content (AvgIpc) is 2.97. The number of benzene rings is 2. The summed E-state index contributed by atoms with van der Waals surface area (Å²) in [5, 5.41) is 10.7. The molecule has 1 saturated heterocycles. The van der Waals surface area contributed by atoms with E-state index in [1.165, 1.54) is 0 Å². The number of hydrogen-bond donors (Lipinski definition) is 0. The molecule has 0 spiro atoms. The molecule has 21 heavy (non-hydrogen) atoms. The zero-order valence-electron chi connectivity index (χ0n) is 11.5. The van der Waals surface area contributed by atoms with Gasteiger partial charge in [0.05, 0.1) is 11.5 Å². The number of nitrogens with zero attached hydrogens (tertiary/aromatic N) is 2. The molecule has 1 aliphatic heterocycles. The van der Waals surface area contributed by atoms with Crippen molar-refractivity contribution in [3.05, 3.63) is 64.7 Å². The summed E-state index contributed by atoms with van der Waals surface area (Å²) in [5.41, 5.74) is 1.12. The molecule has 0 aliphatic carbocycles. The van der Waals surface area contributed by atoms with Gasteiger partial charge in [-0.1, -0.05) is 18.2 Å². The van der Waals surface area contributed by atoms with E-state index in [2.05, 4.69) is 4.90 Å². The number of ether oxygens (including phenoxy) is 1. The molecule has 2 aromatic rings. The summed E-state index contributed by atoms with van der Waals surface area (Å²) >= 11 is 0. The largest absolute Gasteiger partial charge is 0.489 e. The molecule has 0 bridgehead atoms. The number of nitro benzene ring substituents is 1. The zero-order valence-corrected chi connectivity index (χ0v) is 11.5. The maximum absolute atomic E-state index is 10.7. The normalized spacial score (nSPS) is 17.7. The van der Waals surface area contributed by atoms with Crippen LogP contribution in [0.1, 0.15) is 6.42 Å². The summed E-state index contributed by atoms with van der Waals surface area (Å²) in [6.45, 7) is 1.70. The van der Waals surface area contributed by atoms with Crippen LogP contribution < -0.4 is 9.64 Å². The number of para-hydroxylation sites is 1. The first-order valence-corrected chi connectivity index (χ1v) is 6.93. The van der Waals surface area contributed by atoms with E-state index in [0.717, 1.165) is 30.9 Å². The third kappa shape index (κ3) is 3.13. The van der Waals surface area contributed by atoms with Gasteiger partial charge in [0.25, 0.3) is 5.69 Å². The van der Waals surface area contributed by atoms with Crippen molar-refractivity contribution < 1.29 is 9.66 Å². The van der Waals surface area contributed by atoms with Crippen molar-refractivity contribution in [3.63, 3.8) is 0 Å². The molecule has 1 atom stereocenters. The second kappa shape index (κ2) is 5.83. The fraction of sp³-hybridized carbons (Fsp3) is 0.250. The smallest absolute Gasteiger partial charge is 0.269 e. The number of nitro groups is 1. The molecule has 3 rings (SSSR count). The Kier molecular flexibility index (Phi) is 3.73. The SMILES string of the molecule is O=[N+]([O-])c1ccc(N2CCC(Oc3ccccc3)C2)cc1. The fourth-order valence-electron chi connectivity index (χ4n) is 2.54. The molecule has 108 valence electrons. The lowest BCUT2D eigenvalue weighted by Gasteiger charge is -2.19. The maximum atomic E-state index is 10.7. The Hall–Kier alpha value is -2.56. The van der Waals surface area contributed by atoms with Gasteiger partial charge in [0.15, 0.2) is 0 Å².